The number of likely N-dealkylation sites (tertiary alicyclic amines) is 1. The number of carboxylic acids is 2. The van der Waals surface area contributed by atoms with E-state index in [1.54, 1.807) is 18.7 Å². The van der Waals surface area contributed by atoms with Crippen LogP contribution in [0.4, 0.5) is 4.79 Å². The molecule has 0 radical (unpaired) electrons. The van der Waals surface area contributed by atoms with E-state index in [0.29, 0.717) is 56.2 Å². The van der Waals surface area contributed by atoms with Crippen LogP contribution in [-0.4, -0.2) is 90.4 Å². The first-order chi connectivity index (χ1) is 22.0. The minimum Gasteiger partial charge on any atom is -0.481 e. The number of fused-ring (bicyclic) bond motifs is 5. The third-order valence-electron chi connectivity index (χ3n) is 10.5. The second kappa shape index (κ2) is 16.0. The smallest absolute Gasteiger partial charge is 0.335 e. The zero-order valence-electron chi connectivity index (χ0n) is 28.6. The molecule has 47 heavy (non-hydrogen) atoms. The predicted molar refractivity (Wildman–Crippen MR) is 169 cm³/mol. The molecular formula is C34H52N2O11. The van der Waals surface area contributed by atoms with Gasteiger partial charge in [0.25, 0.3) is 0 Å². The molecule has 3 fully saturated rings. The largest absolute Gasteiger partial charge is 0.481 e. The van der Waals surface area contributed by atoms with Crippen LogP contribution in [0.3, 0.4) is 0 Å². The number of rotatable bonds is 13. The van der Waals surface area contributed by atoms with Crippen molar-refractivity contribution in [3.8, 4) is 0 Å². The molecule has 4 unspecified atom stereocenters. The number of esters is 3. The molecule has 2 saturated carbocycles. The molecule has 0 spiro atoms. The summed E-state index contributed by atoms with van der Waals surface area (Å²) in [6, 6.07) is -0.241. The second-order valence-electron chi connectivity index (χ2n) is 14.2. The molecular weight excluding hydrogens is 612 g/mol. The van der Waals surface area contributed by atoms with Crippen LogP contribution in [0.25, 0.3) is 0 Å². The molecule has 3 aliphatic carbocycles. The first-order valence-corrected chi connectivity index (χ1v) is 16.8. The van der Waals surface area contributed by atoms with E-state index in [-0.39, 0.29) is 67.7 Å². The van der Waals surface area contributed by atoms with E-state index in [1.165, 1.54) is 0 Å². The minimum absolute atomic E-state index is 0.0101. The first kappa shape index (κ1) is 37.8. The summed E-state index contributed by atoms with van der Waals surface area (Å²) in [5.41, 5.74) is -0.466. The van der Waals surface area contributed by atoms with Crippen LogP contribution < -0.4 is 5.32 Å². The van der Waals surface area contributed by atoms with Crippen LogP contribution in [0.1, 0.15) is 86.5 Å². The van der Waals surface area contributed by atoms with Crippen molar-refractivity contribution in [2.24, 2.45) is 40.4 Å². The Morgan fingerprint density at radius 1 is 0.745 bits per heavy atom. The molecule has 3 N–H and O–H groups in total. The van der Waals surface area contributed by atoms with E-state index in [1.807, 2.05) is 27.7 Å². The van der Waals surface area contributed by atoms with Crippen molar-refractivity contribution in [1.29, 1.82) is 0 Å². The van der Waals surface area contributed by atoms with E-state index >= 15 is 0 Å². The summed E-state index contributed by atoms with van der Waals surface area (Å²) < 4.78 is 15.5. The Bertz CT molecular complexity index is 1230. The summed E-state index contributed by atoms with van der Waals surface area (Å²) in [4.78, 5) is 71.9. The average molecular weight is 665 g/mol. The number of ether oxygens (including phenoxy) is 3. The van der Waals surface area contributed by atoms with Gasteiger partial charge in [-0.2, -0.15) is 0 Å². The average Bonchev–Trinajstić information content (AvgIpc) is 3.59. The molecule has 13 nitrogen and oxygen atoms in total. The van der Waals surface area contributed by atoms with E-state index < -0.39 is 28.7 Å². The van der Waals surface area contributed by atoms with Gasteiger partial charge in [0.1, 0.15) is 19.8 Å². The van der Waals surface area contributed by atoms with Gasteiger partial charge in [0.2, 0.25) is 0 Å². The molecule has 0 aromatic carbocycles. The molecule has 2 amide bonds. The van der Waals surface area contributed by atoms with Crippen molar-refractivity contribution in [2.45, 2.75) is 86.5 Å². The van der Waals surface area contributed by atoms with Crippen molar-refractivity contribution in [3.05, 3.63) is 11.1 Å². The number of piperidine rings is 1. The number of hydrogen-bond acceptors (Lipinski definition) is 9. The van der Waals surface area contributed by atoms with Crippen LogP contribution in [0, 0.1) is 40.4 Å². The van der Waals surface area contributed by atoms with Gasteiger partial charge < -0.3 is 34.6 Å². The van der Waals surface area contributed by atoms with Crippen molar-refractivity contribution >= 4 is 35.9 Å². The van der Waals surface area contributed by atoms with Gasteiger partial charge in [-0.1, -0.05) is 13.8 Å². The number of carbonyl (C=O) groups excluding carboxylic acids is 4. The van der Waals surface area contributed by atoms with Gasteiger partial charge in [0, 0.05) is 24.9 Å². The van der Waals surface area contributed by atoms with Gasteiger partial charge in [0.15, 0.2) is 0 Å². The number of amides is 2. The lowest BCUT2D eigenvalue weighted by atomic mass is 9.61. The highest BCUT2D eigenvalue weighted by Gasteiger charge is 2.60. The minimum atomic E-state index is -1.00. The highest BCUT2D eigenvalue weighted by Crippen LogP contribution is 2.63. The summed E-state index contributed by atoms with van der Waals surface area (Å²) in [6.45, 7) is 12.3. The zero-order valence-corrected chi connectivity index (χ0v) is 28.6. The topological polar surface area (TPSA) is 186 Å². The monoisotopic (exact) mass is 664 g/mol. The SMILES string of the molecule is CCC(C)(C)C(=O)OCCNC(=O)N1CCC(C(=O)O)CC1.CCC(C)(C)C(=O)OCCOC(=O)C1=C(C(=O)O)C2C3CCC(C3)C12. The maximum absolute atomic E-state index is 12.4. The summed E-state index contributed by atoms with van der Waals surface area (Å²) >= 11 is 0. The fourth-order valence-electron chi connectivity index (χ4n) is 6.66. The number of hydrogen-bond donors (Lipinski definition) is 3. The molecule has 1 saturated heterocycles. The predicted octanol–water partition coefficient (Wildman–Crippen LogP) is 4.04. The third kappa shape index (κ3) is 9.04. The van der Waals surface area contributed by atoms with E-state index in [4.69, 9.17) is 19.3 Å². The number of carboxylic acid groups (broad SMARTS) is 2. The summed E-state index contributed by atoms with van der Waals surface area (Å²) in [7, 11) is 0. The molecule has 4 rings (SSSR count). The zero-order chi connectivity index (χ0) is 35.1. The first-order valence-electron chi connectivity index (χ1n) is 16.8. The van der Waals surface area contributed by atoms with Gasteiger partial charge in [-0.05, 0) is 84.5 Å². The molecule has 0 aromatic rings. The van der Waals surface area contributed by atoms with Crippen LogP contribution in [0.5, 0.6) is 0 Å². The fourth-order valence-corrected chi connectivity index (χ4v) is 6.66. The van der Waals surface area contributed by atoms with Crippen LogP contribution >= 0.6 is 0 Å². The molecule has 13 heteroatoms. The highest BCUT2D eigenvalue weighted by atomic mass is 16.6. The van der Waals surface area contributed by atoms with Crippen LogP contribution in [0.2, 0.25) is 0 Å². The van der Waals surface area contributed by atoms with Gasteiger partial charge in [-0.3, -0.25) is 14.4 Å². The molecule has 264 valence electrons. The normalized spacial score (nSPS) is 23.5. The van der Waals surface area contributed by atoms with Gasteiger partial charge in [-0.15, -0.1) is 0 Å². The number of carbonyl (C=O) groups is 6. The molecule has 0 aromatic heterocycles. The van der Waals surface area contributed by atoms with Crippen molar-refractivity contribution < 1.29 is 53.2 Å². The van der Waals surface area contributed by atoms with Crippen molar-refractivity contribution in [1.82, 2.24) is 10.2 Å². The summed E-state index contributed by atoms with van der Waals surface area (Å²) in [5, 5.41) is 21.0. The lowest BCUT2D eigenvalue weighted by Gasteiger charge is -2.41. The van der Waals surface area contributed by atoms with Crippen molar-refractivity contribution in [2.75, 3.05) is 39.5 Å². The van der Waals surface area contributed by atoms with E-state index in [2.05, 4.69) is 5.32 Å². The number of urea groups is 1. The van der Waals surface area contributed by atoms with E-state index in [9.17, 15) is 33.9 Å². The fraction of sp³-hybridized carbons (Fsp3) is 0.765. The number of aliphatic carboxylic acids is 2. The third-order valence-corrected chi connectivity index (χ3v) is 10.5. The van der Waals surface area contributed by atoms with Crippen molar-refractivity contribution in [3.63, 3.8) is 0 Å². The lowest BCUT2D eigenvalue weighted by Crippen LogP contribution is -2.46. The van der Waals surface area contributed by atoms with E-state index in [0.717, 1.165) is 19.3 Å². The Labute approximate surface area is 276 Å². The van der Waals surface area contributed by atoms with Crippen LogP contribution in [0.15, 0.2) is 11.1 Å². The Morgan fingerprint density at radius 2 is 1.23 bits per heavy atom. The Balaban J connectivity index is 0.000000258. The maximum Gasteiger partial charge on any atom is 0.335 e. The summed E-state index contributed by atoms with van der Waals surface area (Å²) in [5.74, 6) is -2.40. The molecule has 4 atom stereocenters. The number of nitrogens with zero attached hydrogens (tertiary/aromatic N) is 1. The Hall–Kier alpha value is -3.64. The highest BCUT2D eigenvalue weighted by molar-refractivity contribution is 6.04. The van der Waals surface area contributed by atoms with Gasteiger partial charge in [-0.25, -0.2) is 14.4 Å². The Kier molecular flexibility index (Phi) is 12.8. The molecule has 2 bridgehead atoms. The van der Waals surface area contributed by atoms with Gasteiger partial charge >= 0.3 is 35.9 Å². The lowest BCUT2D eigenvalue weighted by molar-refractivity contribution is -0.158. The maximum atomic E-state index is 12.4. The molecule has 1 heterocycles. The molecule has 1 aliphatic heterocycles. The second-order valence-corrected chi connectivity index (χ2v) is 14.2. The molecule has 4 aliphatic rings. The standard InChI is InChI=1S/C19H26O6.C15H26N2O5/c1-4-19(2,3)18(23)25-8-7-24-17(22)15-13-11-6-5-10(9-11)12(13)14(15)16(20)21;1-4-15(2,3)13(20)22-10-7-16-14(21)17-8-5-11(6-9-17)12(18)19/h10-13H,4-9H2,1-3H3,(H,20,21);11H,4-10H2,1-3H3,(H,16,21)(H,18,19). The summed E-state index contributed by atoms with van der Waals surface area (Å²) in [6.07, 6.45) is 5.45. The quantitative estimate of drug-likeness (QED) is 0.147. The number of nitrogens with one attached hydrogen (secondary N) is 1. The van der Waals surface area contributed by atoms with Gasteiger partial charge in [0.05, 0.1) is 34.4 Å². The van der Waals surface area contributed by atoms with Crippen LogP contribution in [-0.2, 0) is 38.2 Å². The Morgan fingerprint density at radius 3 is 1.72 bits per heavy atom.